The summed E-state index contributed by atoms with van der Waals surface area (Å²) >= 11 is 6.15. The van der Waals surface area contributed by atoms with Crippen molar-refractivity contribution in [3.8, 4) is 0 Å². The molecule has 0 saturated carbocycles. The SMILES string of the molecule is Cc1cccc(CC(C)(O)c2ccccc2Cl)c1. The van der Waals surface area contributed by atoms with Gasteiger partial charge in [-0.1, -0.05) is 59.6 Å². The molecule has 0 radical (unpaired) electrons. The van der Waals surface area contributed by atoms with Gasteiger partial charge in [-0.25, -0.2) is 0 Å². The molecule has 0 fully saturated rings. The largest absolute Gasteiger partial charge is 0.385 e. The molecule has 2 aromatic carbocycles. The van der Waals surface area contributed by atoms with E-state index in [1.54, 1.807) is 6.92 Å². The van der Waals surface area contributed by atoms with Gasteiger partial charge >= 0.3 is 0 Å². The Morgan fingerprint density at radius 1 is 1.11 bits per heavy atom. The van der Waals surface area contributed by atoms with E-state index in [0.717, 1.165) is 11.1 Å². The minimum absolute atomic E-state index is 0.554. The Hall–Kier alpha value is -1.31. The van der Waals surface area contributed by atoms with Crippen molar-refractivity contribution in [1.29, 1.82) is 0 Å². The summed E-state index contributed by atoms with van der Waals surface area (Å²) in [7, 11) is 0. The normalized spacial score (nSPS) is 14.2. The van der Waals surface area contributed by atoms with E-state index in [2.05, 4.69) is 6.07 Å². The van der Waals surface area contributed by atoms with Gasteiger partial charge in [-0.05, 0) is 25.5 Å². The molecule has 2 rings (SSSR count). The molecule has 0 aliphatic rings. The van der Waals surface area contributed by atoms with Gasteiger partial charge in [0, 0.05) is 17.0 Å². The van der Waals surface area contributed by atoms with Gasteiger partial charge in [-0.2, -0.15) is 0 Å². The molecule has 18 heavy (non-hydrogen) atoms. The van der Waals surface area contributed by atoms with Crippen LogP contribution in [0.25, 0.3) is 0 Å². The molecular weight excluding hydrogens is 244 g/mol. The minimum Gasteiger partial charge on any atom is -0.385 e. The number of halogens is 1. The third-order valence-corrected chi connectivity index (χ3v) is 3.41. The second kappa shape index (κ2) is 5.13. The van der Waals surface area contributed by atoms with E-state index >= 15 is 0 Å². The average molecular weight is 261 g/mol. The fourth-order valence-electron chi connectivity index (χ4n) is 2.21. The molecular formula is C16H17ClO. The van der Waals surface area contributed by atoms with Crippen LogP contribution in [0.4, 0.5) is 0 Å². The van der Waals surface area contributed by atoms with Gasteiger partial charge < -0.3 is 5.11 Å². The Morgan fingerprint density at radius 3 is 2.50 bits per heavy atom. The van der Waals surface area contributed by atoms with Crippen molar-refractivity contribution in [2.45, 2.75) is 25.9 Å². The number of hydrogen-bond donors (Lipinski definition) is 1. The minimum atomic E-state index is -0.952. The zero-order valence-electron chi connectivity index (χ0n) is 10.7. The Kier molecular flexibility index (Phi) is 3.74. The lowest BCUT2D eigenvalue weighted by Gasteiger charge is -2.25. The molecule has 0 aliphatic carbocycles. The first-order valence-electron chi connectivity index (χ1n) is 6.02. The Labute approximate surface area is 113 Å². The molecule has 0 spiro atoms. The Bertz CT molecular complexity index is 546. The van der Waals surface area contributed by atoms with Crippen LogP contribution in [0.1, 0.15) is 23.6 Å². The molecule has 1 nitrogen and oxygen atoms in total. The summed E-state index contributed by atoms with van der Waals surface area (Å²) in [6.07, 6.45) is 0.554. The smallest absolute Gasteiger partial charge is 0.0923 e. The lowest BCUT2D eigenvalue weighted by Crippen LogP contribution is -2.24. The zero-order chi connectivity index (χ0) is 13.2. The van der Waals surface area contributed by atoms with Crippen molar-refractivity contribution in [1.82, 2.24) is 0 Å². The number of rotatable bonds is 3. The average Bonchev–Trinajstić information content (AvgIpc) is 2.28. The molecule has 94 valence electrons. The summed E-state index contributed by atoms with van der Waals surface area (Å²) in [5.74, 6) is 0. The highest BCUT2D eigenvalue weighted by Crippen LogP contribution is 2.30. The fraction of sp³-hybridized carbons (Fsp3) is 0.250. The van der Waals surface area contributed by atoms with Gasteiger partial charge in [0.15, 0.2) is 0 Å². The molecule has 0 aliphatic heterocycles. The van der Waals surface area contributed by atoms with E-state index in [1.807, 2.05) is 49.4 Å². The van der Waals surface area contributed by atoms with Crippen molar-refractivity contribution in [2.24, 2.45) is 0 Å². The van der Waals surface area contributed by atoms with Crippen LogP contribution in [0, 0.1) is 6.92 Å². The molecule has 1 N–H and O–H groups in total. The van der Waals surface area contributed by atoms with Gasteiger partial charge in [0.05, 0.1) is 5.60 Å². The molecule has 0 amide bonds. The predicted molar refractivity (Wildman–Crippen MR) is 75.9 cm³/mol. The Morgan fingerprint density at radius 2 is 1.83 bits per heavy atom. The van der Waals surface area contributed by atoms with Crippen LogP contribution in [0.15, 0.2) is 48.5 Å². The van der Waals surface area contributed by atoms with Crippen molar-refractivity contribution in [3.05, 3.63) is 70.2 Å². The molecule has 0 aromatic heterocycles. The molecule has 2 aromatic rings. The topological polar surface area (TPSA) is 20.2 Å². The van der Waals surface area contributed by atoms with E-state index < -0.39 is 5.60 Å². The second-order valence-corrected chi connectivity index (χ2v) is 5.33. The lowest BCUT2D eigenvalue weighted by atomic mass is 9.88. The van der Waals surface area contributed by atoms with E-state index in [0.29, 0.717) is 11.4 Å². The number of aryl methyl sites for hydroxylation is 1. The molecule has 0 heterocycles. The van der Waals surface area contributed by atoms with Gasteiger partial charge in [-0.15, -0.1) is 0 Å². The van der Waals surface area contributed by atoms with E-state index in [1.165, 1.54) is 5.56 Å². The van der Waals surface area contributed by atoms with Gasteiger partial charge in [-0.3, -0.25) is 0 Å². The van der Waals surface area contributed by atoms with Crippen LogP contribution in [0.2, 0.25) is 5.02 Å². The first kappa shape index (κ1) is 13.1. The van der Waals surface area contributed by atoms with Crippen LogP contribution in [0.3, 0.4) is 0 Å². The van der Waals surface area contributed by atoms with Crippen molar-refractivity contribution >= 4 is 11.6 Å². The Balaban J connectivity index is 2.30. The first-order valence-corrected chi connectivity index (χ1v) is 6.40. The van der Waals surface area contributed by atoms with Crippen LogP contribution in [-0.4, -0.2) is 5.11 Å². The van der Waals surface area contributed by atoms with Crippen LogP contribution in [-0.2, 0) is 12.0 Å². The molecule has 1 atom stereocenters. The van der Waals surface area contributed by atoms with Gasteiger partial charge in [0.1, 0.15) is 0 Å². The number of aliphatic hydroxyl groups is 1. The lowest BCUT2D eigenvalue weighted by molar-refractivity contribution is 0.0577. The van der Waals surface area contributed by atoms with E-state index in [4.69, 9.17) is 11.6 Å². The third kappa shape index (κ3) is 2.92. The maximum absolute atomic E-state index is 10.6. The van der Waals surface area contributed by atoms with E-state index in [-0.39, 0.29) is 0 Å². The zero-order valence-corrected chi connectivity index (χ0v) is 11.4. The standard InChI is InChI=1S/C16H17ClO/c1-12-6-5-7-13(10-12)11-16(2,18)14-8-3-4-9-15(14)17/h3-10,18H,11H2,1-2H3. The monoisotopic (exact) mass is 260 g/mol. The summed E-state index contributed by atoms with van der Waals surface area (Å²) < 4.78 is 0. The maximum atomic E-state index is 10.6. The highest BCUT2D eigenvalue weighted by Gasteiger charge is 2.25. The highest BCUT2D eigenvalue weighted by molar-refractivity contribution is 6.31. The van der Waals surface area contributed by atoms with Crippen molar-refractivity contribution in [2.75, 3.05) is 0 Å². The quantitative estimate of drug-likeness (QED) is 0.881. The van der Waals surface area contributed by atoms with Gasteiger partial charge in [0.2, 0.25) is 0 Å². The van der Waals surface area contributed by atoms with Crippen LogP contribution in [0.5, 0.6) is 0 Å². The molecule has 0 bridgehead atoms. The first-order chi connectivity index (χ1) is 8.49. The van der Waals surface area contributed by atoms with Crippen molar-refractivity contribution < 1.29 is 5.11 Å². The second-order valence-electron chi connectivity index (χ2n) is 4.92. The summed E-state index contributed by atoms with van der Waals surface area (Å²) in [4.78, 5) is 0. The van der Waals surface area contributed by atoms with Crippen LogP contribution >= 0.6 is 11.6 Å². The van der Waals surface area contributed by atoms with Crippen molar-refractivity contribution in [3.63, 3.8) is 0 Å². The molecule has 1 unspecified atom stereocenters. The summed E-state index contributed by atoms with van der Waals surface area (Å²) in [6, 6.07) is 15.6. The van der Waals surface area contributed by atoms with Gasteiger partial charge in [0.25, 0.3) is 0 Å². The third-order valence-electron chi connectivity index (χ3n) is 3.08. The highest BCUT2D eigenvalue weighted by atomic mass is 35.5. The number of hydrogen-bond acceptors (Lipinski definition) is 1. The molecule has 0 saturated heterocycles. The number of benzene rings is 2. The summed E-state index contributed by atoms with van der Waals surface area (Å²) in [5, 5.41) is 11.2. The summed E-state index contributed by atoms with van der Waals surface area (Å²) in [6.45, 7) is 3.85. The maximum Gasteiger partial charge on any atom is 0.0923 e. The van der Waals surface area contributed by atoms with E-state index in [9.17, 15) is 5.11 Å². The molecule has 2 heteroatoms. The predicted octanol–water partition coefficient (Wildman–Crippen LogP) is 4.10. The van der Waals surface area contributed by atoms with Crippen LogP contribution < -0.4 is 0 Å². The summed E-state index contributed by atoms with van der Waals surface area (Å²) in [5.41, 5.74) is 2.13. The fourth-order valence-corrected chi connectivity index (χ4v) is 2.55.